The minimum Gasteiger partial charge on any atom is -0.348 e. The van der Waals surface area contributed by atoms with Crippen molar-refractivity contribution in [2.45, 2.75) is 19.4 Å². The number of nitrogens with one attached hydrogen (secondary N) is 1. The van der Waals surface area contributed by atoms with Crippen LogP contribution < -0.4 is 10.2 Å². The van der Waals surface area contributed by atoms with Gasteiger partial charge in [-0.1, -0.05) is 48.5 Å². The summed E-state index contributed by atoms with van der Waals surface area (Å²) in [6.45, 7) is 1.14. The van der Waals surface area contributed by atoms with E-state index in [0.717, 1.165) is 24.1 Å². The monoisotopic (exact) mass is 320 g/mol. The molecule has 0 radical (unpaired) electrons. The number of hydrogen-bond acceptors (Lipinski definition) is 2. The second kappa shape index (κ2) is 7.59. The number of para-hydroxylation sites is 1. The second-order valence-electron chi connectivity index (χ2n) is 5.76. The molecule has 4 nitrogen and oxygen atoms in total. The van der Waals surface area contributed by atoms with Crippen molar-refractivity contribution in [3.63, 3.8) is 0 Å². The van der Waals surface area contributed by atoms with Gasteiger partial charge in [0.25, 0.3) is 5.91 Å². The van der Waals surface area contributed by atoms with Crippen LogP contribution in [0.3, 0.4) is 0 Å². The lowest BCUT2D eigenvalue weighted by molar-refractivity contribution is -0.118. The number of carbonyl (C=O) groups excluding carboxylic acids is 2. The van der Waals surface area contributed by atoms with E-state index in [1.165, 1.54) is 17.7 Å². The molecule has 0 fully saturated rings. The Kier molecular flexibility index (Phi) is 5.06. The van der Waals surface area contributed by atoms with E-state index < -0.39 is 0 Å². The van der Waals surface area contributed by atoms with Gasteiger partial charge in [-0.2, -0.15) is 0 Å². The highest BCUT2D eigenvalue weighted by atomic mass is 16.2. The van der Waals surface area contributed by atoms with Crippen molar-refractivity contribution in [3.05, 3.63) is 77.9 Å². The zero-order valence-electron chi connectivity index (χ0n) is 13.4. The summed E-state index contributed by atoms with van der Waals surface area (Å²) in [4.78, 5) is 26.0. The van der Waals surface area contributed by atoms with Crippen LogP contribution >= 0.6 is 0 Å². The topological polar surface area (TPSA) is 49.4 Å². The number of fused-ring (bicyclic) bond motifs is 1. The number of aryl methyl sites for hydroxylation is 1. The smallest absolute Gasteiger partial charge is 0.251 e. The molecule has 0 atom stereocenters. The molecule has 2 aromatic rings. The summed E-state index contributed by atoms with van der Waals surface area (Å²) in [5, 5.41) is 2.78. The minimum atomic E-state index is -0.266. The highest BCUT2D eigenvalue weighted by Crippen LogP contribution is 2.26. The normalized spacial score (nSPS) is 13.6. The summed E-state index contributed by atoms with van der Waals surface area (Å²) in [7, 11) is 0. The summed E-state index contributed by atoms with van der Waals surface area (Å²) >= 11 is 0. The number of benzene rings is 2. The Morgan fingerprint density at radius 2 is 1.75 bits per heavy atom. The van der Waals surface area contributed by atoms with Gasteiger partial charge in [0.15, 0.2) is 0 Å². The van der Waals surface area contributed by atoms with E-state index >= 15 is 0 Å². The zero-order valence-corrected chi connectivity index (χ0v) is 13.4. The molecule has 0 saturated heterocycles. The van der Waals surface area contributed by atoms with Gasteiger partial charge in [0, 0.05) is 30.9 Å². The lowest BCUT2D eigenvalue weighted by Gasteiger charge is -2.28. The van der Waals surface area contributed by atoms with Crippen LogP contribution in [0.25, 0.3) is 0 Å². The summed E-state index contributed by atoms with van der Waals surface area (Å²) in [6, 6.07) is 17.6. The molecule has 4 heteroatoms. The standard InChI is InChI=1S/C20H20N2O2/c23-19(21-15-16-7-2-1-3-8-16)12-13-20(24)22-14-6-10-17-9-4-5-11-18(17)22/h1-5,7-9,11-13H,6,10,14-15H2,(H,21,23). The predicted octanol–water partition coefficient (Wildman–Crippen LogP) is 2.84. The molecular weight excluding hydrogens is 300 g/mol. The summed E-state index contributed by atoms with van der Waals surface area (Å²) < 4.78 is 0. The van der Waals surface area contributed by atoms with E-state index in [-0.39, 0.29) is 11.8 Å². The summed E-state index contributed by atoms with van der Waals surface area (Å²) in [5.41, 5.74) is 3.15. The third-order valence-electron chi connectivity index (χ3n) is 4.06. The third kappa shape index (κ3) is 3.90. The van der Waals surface area contributed by atoms with Gasteiger partial charge in [0.1, 0.15) is 0 Å². The molecule has 2 aromatic carbocycles. The predicted molar refractivity (Wildman–Crippen MR) is 94.5 cm³/mol. The van der Waals surface area contributed by atoms with Gasteiger partial charge in [0.2, 0.25) is 5.91 Å². The molecule has 0 saturated carbocycles. The maximum Gasteiger partial charge on any atom is 0.251 e. The maximum absolute atomic E-state index is 12.4. The van der Waals surface area contributed by atoms with Crippen molar-refractivity contribution >= 4 is 17.5 Å². The Bertz CT molecular complexity index is 753. The van der Waals surface area contributed by atoms with Crippen LogP contribution in [0.1, 0.15) is 17.5 Å². The number of carbonyl (C=O) groups is 2. The van der Waals surface area contributed by atoms with Gasteiger partial charge in [-0.05, 0) is 30.0 Å². The highest BCUT2D eigenvalue weighted by Gasteiger charge is 2.20. The Morgan fingerprint density at radius 3 is 2.58 bits per heavy atom. The van der Waals surface area contributed by atoms with Gasteiger partial charge >= 0.3 is 0 Å². The number of hydrogen-bond donors (Lipinski definition) is 1. The Morgan fingerprint density at radius 1 is 1.00 bits per heavy atom. The van der Waals surface area contributed by atoms with E-state index in [0.29, 0.717) is 13.1 Å². The van der Waals surface area contributed by atoms with Crippen LogP contribution in [0.4, 0.5) is 5.69 Å². The quantitative estimate of drug-likeness (QED) is 0.881. The van der Waals surface area contributed by atoms with Crippen molar-refractivity contribution in [1.29, 1.82) is 0 Å². The molecule has 0 aromatic heterocycles. The van der Waals surface area contributed by atoms with E-state index in [4.69, 9.17) is 0 Å². The van der Waals surface area contributed by atoms with Crippen LogP contribution in [-0.2, 0) is 22.6 Å². The van der Waals surface area contributed by atoms with Crippen molar-refractivity contribution in [1.82, 2.24) is 5.32 Å². The lowest BCUT2D eigenvalue weighted by atomic mass is 10.0. The van der Waals surface area contributed by atoms with Gasteiger partial charge < -0.3 is 10.2 Å². The first kappa shape index (κ1) is 16.0. The molecule has 0 bridgehead atoms. The number of rotatable bonds is 4. The number of anilines is 1. The van der Waals surface area contributed by atoms with Crippen molar-refractivity contribution in [2.75, 3.05) is 11.4 Å². The Balaban J connectivity index is 1.58. The van der Waals surface area contributed by atoms with Crippen LogP contribution in [0, 0.1) is 0 Å². The molecule has 3 rings (SSSR count). The van der Waals surface area contributed by atoms with Crippen molar-refractivity contribution in [2.24, 2.45) is 0 Å². The fourth-order valence-electron chi connectivity index (χ4n) is 2.84. The minimum absolute atomic E-state index is 0.156. The molecule has 1 N–H and O–H groups in total. The lowest BCUT2D eigenvalue weighted by Crippen LogP contribution is -2.34. The van der Waals surface area contributed by atoms with Crippen molar-refractivity contribution in [3.8, 4) is 0 Å². The van der Waals surface area contributed by atoms with Gasteiger partial charge in [0.05, 0.1) is 0 Å². The van der Waals surface area contributed by atoms with E-state index in [9.17, 15) is 9.59 Å². The fourth-order valence-corrected chi connectivity index (χ4v) is 2.84. The van der Waals surface area contributed by atoms with E-state index in [2.05, 4.69) is 5.32 Å². The van der Waals surface area contributed by atoms with Gasteiger partial charge in [-0.3, -0.25) is 9.59 Å². The number of nitrogens with zero attached hydrogens (tertiary/aromatic N) is 1. The van der Waals surface area contributed by atoms with Crippen molar-refractivity contribution < 1.29 is 9.59 Å². The van der Waals surface area contributed by atoms with Crippen LogP contribution in [0.5, 0.6) is 0 Å². The number of amides is 2. The van der Waals surface area contributed by atoms with Crippen LogP contribution in [0.2, 0.25) is 0 Å². The third-order valence-corrected chi connectivity index (χ3v) is 4.06. The van der Waals surface area contributed by atoms with Gasteiger partial charge in [-0.25, -0.2) is 0 Å². The molecule has 24 heavy (non-hydrogen) atoms. The Labute approximate surface area is 141 Å². The molecule has 0 aliphatic carbocycles. The summed E-state index contributed by atoms with van der Waals surface area (Å²) in [5.74, 6) is -0.422. The summed E-state index contributed by atoms with van der Waals surface area (Å²) in [6.07, 6.45) is 4.59. The van der Waals surface area contributed by atoms with E-state index in [1.807, 2.05) is 54.6 Å². The Hall–Kier alpha value is -2.88. The molecule has 122 valence electrons. The molecular formula is C20H20N2O2. The molecule has 0 spiro atoms. The molecule has 2 amide bonds. The second-order valence-corrected chi connectivity index (χ2v) is 5.76. The molecule has 1 heterocycles. The molecule has 1 aliphatic rings. The SMILES string of the molecule is O=C(C=CC(=O)N1CCCc2ccccc21)NCc1ccccc1. The van der Waals surface area contributed by atoms with Gasteiger partial charge in [-0.15, -0.1) is 0 Å². The first-order valence-electron chi connectivity index (χ1n) is 8.13. The fraction of sp³-hybridized carbons (Fsp3) is 0.200. The van der Waals surface area contributed by atoms with Crippen LogP contribution in [0.15, 0.2) is 66.7 Å². The maximum atomic E-state index is 12.4. The molecule has 0 unspecified atom stereocenters. The molecule has 1 aliphatic heterocycles. The van der Waals surface area contributed by atoms with E-state index in [1.54, 1.807) is 4.90 Å². The highest BCUT2D eigenvalue weighted by molar-refractivity contribution is 6.05. The average molecular weight is 320 g/mol. The average Bonchev–Trinajstić information content (AvgIpc) is 2.64. The largest absolute Gasteiger partial charge is 0.348 e. The first-order chi connectivity index (χ1) is 11.7. The zero-order chi connectivity index (χ0) is 16.8. The first-order valence-corrected chi connectivity index (χ1v) is 8.13. The van der Waals surface area contributed by atoms with Crippen LogP contribution in [-0.4, -0.2) is 18.4 Å².